The van der Waals surface area contributed by atoms with Crippen LogP contribution >= 0.6 is 11.8 Å². The Morgan fingerprint density at radius 3 is 2.77 bits per heavy atom. The summed E-state index contributed by atoms with van der Waals surface area (Å²) in [5.41, 5.74) is 1.21. The number of unbranched alkanes of at least 4 members (excludes halogenated alkanes) is 2. The number of hydrogen-bond acceptors (Lipinski definition) is 4. The van der Waals surface area contributed by atoms with Crippen molar-refractivity contribution in [1.82, 2.24) is 14.9 Å². The number of imidazole rings is 1. The number of nitrogens with zero attached hydrogens (tertiary/aromatic N) is 3. The lowest BCUT2D eigenvalue weighted by Crippen LogP contribution is -2.49. The van der Waals surface area contributed by atoms with E-state index in [1.807, 2.05) is 32.0 Å². The second-order valence-electron chi connectivity index (χ2n) is 7.05. The van der Waals surface area contributed by atoms with Crippen molar-refractivity contribution in [2.24, 2.45) is 5.92 Å². The van der Waals surface area contributed by atoms with Gasteiger partial charge in [-0.2, -0.15) is 5.26 Å². The van der Waals surface area contributed by atoms with Gasteiger partial charge in [0.05, 0.1) is 22.9 Å². The van der Waals surface area contributed by atoms with Crippen molar-refractivity contribution in [1.29, 1.82) is 5.26 Å². The highest BCUT2D eigenvalue weighted by Crippen LogP contribution is 2.25. The number of carbonyl (C=O) groups excluding carboxylic acids is 1. The first-order chi connectivity index (χ1) is 12.4. The zero-order chi connectivity index (χ0) is 19.2. The summed E-state index contributed by atoms with van der Waals surface area (Å²) in [5, 5.41) is 13.1. The summed E-state index contributed by atoms with van der Waals surface area (Å²) in [6.45, 7) is 8.72. The van der Waals surface area contributed by atoms with E-state index in [0.717, 1.165) is 29.2 Å². The van der Waals surface area contributed by atoms with Crippen LogP contribution in [0.4, 0.5) is 0 Å². The number of nitrogens with one attached hydrogen (secondary N) is 1. The van der Waals surface area contributed by atoms with Gasteiger partial charge in [0.25, 0.3) is 0 Å². The standard InChI is InChI=1S/C20H28N4OS/c1-5-6-9-12-24-17-11-8-7-10-16(17)22-19(24)26-13-18(25)23-20(4,14-21)15(2)3/h7-8,10-11,15H,5-6,9,12-13H2,1-4H3,(H,23,25). The van der Waals surface area contributed by atoms with E-state index < -0.39 is 5.54 Å². The Labute approximate surface area is 160 Å². The summed E-state index contributed by atoms with van der Waals surface area (Å²) in [5.74, 6) is 0.154. The number of nitriles is 1. The van der Waals surface area contributed by atoms with Crippen LogP contribution in [-0.2, 0) is 11.3 Å². The molecule has 0 spiro atoms. The molecule has 2 aromatic rings. The molecule has 2 rings (SSSR count). The molecule has 0 saturated heterocycles. The van der Waals surface area contributed by atoms with Crippen LogP contribution in [0.2, 0.25) is 0 Å². The van der Waals surface area contributed by atoms with Gasteiger partial charge in [0.2, 0.25) is 5.91 Å². The quantitative estimate of drug-likeness (QED) is 0.524. The summed E-state index contributed by atoms with van der Waals surface area (Å²) in [6, 6.07) is 10.3. The van der Waals surface area contributed by atoms with Crippen LogP contribution in [0.25, 0.3) is 11.0 Å². The van der Waals surface area contributed by atoms with Crippen LogP contribution in [0, 0.1) is 17.2 Å². The minimum Gasteiger partial charge on any atom is -0.337 e. The van der Waals surface area contributed by atoms with Gasteiger partial charge in [-0.25, -0.2) is 4.98 Å². The number of amides is 1. The number of benzene rings is 1. The molecule has 1 heterocycles. The molecule has 1 unspecified atom stereocenters. The lowest BCUT2D eigenvalue weighted by atomic mass is 9.90. The maximum Gasteiger partial charge on any atom is 0.231 e. The van der Waals surface area contributed by atoms with Gasteiger partial charge >= 0.3 is 0 Å². The molecule has 1 aromatic heterocycles. The van der Waals surface area contributed by atoms with Crippen molar-refractivity contribution in [3.8, 4) is 6.07 Å². The Kier molecular flexibility index (Phi) is 7.10. The fraction of sp³-hybridized carbons (Fsp3) is 0.550. The van der Waals surface area contributed by atoms with E-state index in [9.17, 15) is 10.1 Å². The lowest BCUT2D eigenvalue weighted by Gasteiger charge is -2.27. The second kappa shape index (κ2) is 9.09. The number of thioether (sulfide) groups is 1. The van der Waals surface area contributed by atoms with Crippen molar-refractivity contribution in [2.75, 3.05) is 5.75 Å². The molecule has 0 fully saturated rings. The molecule has 1 amide bonds. The number of carbonyl (C=O) groups is 1. The SMILES string of the molecule is CCCCCn1c(SCC(=O)NC(C)(C#N)C(C)C)nc2ccccc21. The van der Waals surface area contributed by atoms with E-state index in [4.69, 9.17) is 4.98 Å². The highest BCUT2D eigenvalue weighted by molar-refractivity contribution is 7.99. The van der Waals surface area contributed by atoms with Gasteiger partial charge in [-0.05, 0) is 31.4 Å². The van der Waals surface area contributed by atoms with Gasteiger partial charge < -0.3 is 9.88 Å². The topological polar surface area (TPSA) is 70.7 Å². The van der Waals surface area contributed by atoms with Crippen molar-refractivity contribution in [3.05, 3.63) is 24.3 Å². The Balaban J connectivity index is 2.11. The number of rotatable bonds is 9. The van der Waals surface area contributed by atoms with Crippen LogP contribution in [0.15, 0.2) is 29.4 Å². The summed E-state index contributed by atoms with van der Waals surface area (Å²) >= 11 is 1.43. The molecule has 0 aliphatic heterocycles. The average molecular weight is 373 g/mol. The second-order valence-corrected chi connectivity index (χ2v) is 7.99. The Morgan fingerprint density at radius 2 is 2.12 bits per heavy atom. The van der Waals surface area contributed by atoms with Crippen molar-refractivity contribution >= 4 is 28.7 Å². The zero-order valence-electron chi connectivity index (χ0n) is 16.1. The number of aryl methyl sites for hydroxylation is 1. The summed E-state index contributed by atoms with van der Waals surface area (Å²) in [7, 11) is 0. The molecule has 5 nitrogen and oxygen atoms in total. The van der Waals surface area contributed by atoms with Gasteiger partial charge in [0.15, 0.2) is 5.16 Å². The fourth-order valence-corrected chi connectivity index (χ4v) is 3.50. The first-order valence-corrected chi connectivity index (χ1v) is 10.2. The van der Waals surface area contributed by atoms with E-state index in [-0.39, 0.29) is 17.6 Å². The number of hydrogen-bond donors (Lipinski definition) is 1. The van der Waals surface area contributed by atoms with Crippen molar-refractivity contribution in [2.45, 2.75) is 64.2 Å². The lowest BCUT2D eigenvalue weighted by molar-refractivity contribution is -0.120. The third-order valence-electron chi connectivity index (χ3n) is 4.72. The highest BCUT2D eigenvalue weighted by Gasteiger charge is 2.30. The Morgan fingerprint density at radius 1 is 1.38 bits per heavy atom. The van der Waals surface area contributed by atoms with E-state index in [2.05, 4.69) is 28.9 Å². The molecule has 0 radical (unpaired) electrons. The van der Waals surface area contributed by atoms with Crippen LogP contribution in [0.1, 0.15) is 47.0 Å². The molecule has 26 heavy (non-hydrogen) atoms. The normalized spacial score (nSPS) is 13.5. The number of fused-ring (bicyclic) bond motifs is 1. The van der Waals surface area contributed by atoms with Gasteiger partial charge in [-0.1, -0.05) is 57.5 Å². The highest BCUT2D eigenvalue weighted by atomic mass is 32.2. The van der Waals surface area contributed by atoms with Gasteiger partial charge in [-0.3, -0.25) is 4.79 Å². The fourth-order valence-electron chi connectivity index (χ4n) is 2.66. The maximum atomic E-state index is 12.4. The largest absolute Gasteiger partial charge is 0.337 e. The van der Waals surface area contributed by atoms with Crippen molar-refractivity contribution in [3.63, 3.8) is 0 Å². The van der Waals surface area contributed by atoms with Gasteiger partial charge in [0.1, 0.15) is 5.54 Å². The third-order valence-corrected chi connectivity index (χ3v) is 5.70. The Bertz CT molecular complexity index is 793. The monoisotopic (exact) mass is 372 g/mol. The summed E-state index contributed by atoms with van der Waals surface area (Å²) in [4.78, 5) is 17.1. The van der Waals surface area contributed by atoms with Crippen LogP contribution in [0.3, 0.4) is 0 Å². The molecule has 0 bridgehead atoms. The molecular formula is C20H28N4OS. The minimum absolute atomic E-state index is 0.0417. The average Bonchev–Trinajstić information content (AvgIpc) is 2.98. The maximum absolute atomic E-state index is 12.4. The molecule has 1 aromatic carbocycles. The summed E-state index contributed by atoms with van der Waals surface area (Å²) in [6.07, 6.45) is 3.43. The first kappa shape index (κ1) is 20.3. The van der Waals surface area contributed by atoms with E-state index in [0.29, 0.717) is 0 Å². The smallest absolute Gasteiger partial charge is 0.231 e. The predicted octanol–water partition coefficient (Wildman–Crippen LogP) is 4.37. The zero-order valence-corrected chi connectivity index (χ0v) is 16.9. The molecule has 1 N–H and O–H groups in total. The van der Waals surface area contributed by atoms with E-state index in [1.165, 1.54) is 24.6 Å². The number of aromatic nitrogens is 2. The predicted molar refractivity (Wildman–Crippen MR) is 107 cm³/mol. The van der Waals surface area contributed by atoms with Crippen LogP contribution in [-0.4, -0.2) is 26.8 Å². The molecule has 6 heteroatoms. The molecule has 0 aliphatic carbocycles. The Hall–Kier alpha value is -2.00. The van der Waals surface area contributed by atoms with Crippen molar-refractivity contribution < 1.29 is 4.79 Å². The molecule has 140 valence electrons. The molecule has 1 atom stereocenters. The molecular weight excluding hydrogens is 344 g/mol. The number of para-hydroxylation sites is 2. The summed E-state index contributed by atoms with van der Waals surface area (Å²) < 4.78 is 2.20. The van der Waals surface area contributed by atoms with Crippen LogP contribution in [0.5, 0.6) is 0 Å². The third kappa shape index (κ3) is 4.79. The molecule has 0 saturated carbocycles. The first-order valence-electron chi connectivity index (χ1n) is 9.21. The van der Waals surface area contributed by atoms with Gasteiger partial charge in [0, 0.05) is 6.54 Å². The van der Waals surface area contributed by atoms with E-state index in [1.54, 1.807) is 6.92 Å². The minimum atomic E-state index is -0.848. The van der Waals surface area contributed by atoms with E-state index >= 15 is 0 Å². The molecule has 0 aliphatic rings. The van der Waals surface area contributed by atoms with Crippen LogP contribution < -0.4 is 5.32 Å². The van der Waals surface area contributed by atoms with Gasteiger partial charge in [-0.15, -0.1) is 0 Å².